The number of oxime groups is 1. The van der Waals surface area contributed by atoms with Crippen molar-refractivity contribution in [3.05, 3.63) is 6.26 Å². The third-order valence-corrected chi connectivity index (χ3v) is 0.797. The molecule has 0 aliphatic carbocycles. The molecule has 0 saturated carbocycles. The van der Waals surface area contributed by atoms with Crippen LogP contribution in [-0.4, -0.2) is 27.3 Å². The van der Waals surface area contributed by atoms with Crippen LogP contribution in [-0.2, 0) is 4.79 Å². The number of hydrogen-bond acceptors (Lipinski definition) is 6. The molecule has 1 aromatic heterocycles. The largest absolute Gasteiger partial charge is 0.475 e. The maximum absolute atomic E-state index is 10.1. The topological polar surface area (TPSA) is 124 Å². The summed E-state index contributed by atoms with van der Waals surface area (Å²) in [6, 6.07) is 0. The number of carboxylic acids is 1. The van der Waals surface area contributed by atoms with Crippen molar-refractivity contribution >= 4 is 11.8 Å². The number of aromatic nitrogens is 2. The van der Waals surface area contributed by atoms with Crippen LogP contribution in [0, 0.1) is 0 Å². The van der Waals surface area contributed by atoms with E-state index in [-0.39, 0.29) is 5.88 Å². The predicted molar refractivity (Wildman–Crippen MR) is 34.2 cm³/mol. The second kappa shape index (κ2) is 3.32. The van der Waals surface area contributed by atoms with E-state index in [4.69, 9.17) is 10.8 Å². The Morgan fingerprint density at radius 3 is 3.08 bits per heavy atom. The summed E-state index contributed by atoms with van der Waals surface area (Å²) in [5.41, 5.74) is 4.88. The number of rotatable bonds is 2. The van der Waals surface area contributed by atoms with Crippen molar-refractivity contribution in [3.63, 3.8) is 0 Å². The van der Waals surface area contributed by atoms with Crippen LogP contribution in [0.3, 0.4) is 0 Å². The summed E-state index contributed by atoms with van der Waals surface area (Å²) in [6.07, 6.45) is 1.04. The highest BCUT2D eigenvalue weighted by molar-refractivity contribution is 6.33. The van der Waals surface area contributed by atoms with Crippen molar-refractivity contribution in [1.29, 1.82) is 0 Å². The Bertz CT molecular complexity index is 292. The number of hydrogen-bond donors (Lipinski definition) is 2. The molecule has 0 amide bonds. The van der Waals surface area contributed by atoms with Crippen molar-refractivity contribution < 1.29 is 19.3 Å². The molecule has 1 heterocycles. The molecule has 1 rings (SSSR count). The molecule has 0 atom stereocenters. The molecule has 0 radical (unpaired) electrons. The predicted octanol–water partition coefficient (Wildman–Crippen LogP) is -1.19. The second-order valence-electron chi connectivity index (χ2n) is 1.62. The minimum absolute atomic E-state index is 0.0702. The number of aliphatic carboxylic acids is 1. The molecule has 3 N–H and O–H groups in total. The monoisotopic (exact) mass is 172 g/mol. The Morgan fingerprint density at radius 2 is 2.58 bits per heavy atom. The zero-order chi connectivity index (χ0) is 8.97. The molecule has 8 heteroatoms. The molecule has 0 aromatic carbocycles. The molecule has 0 fully saturated rings. The molecule has 0 spiro atoms. The molecule has 0 bridgehead atoms. The van der Waals surface area contributed by atoms with Crippen LogP contribution in [0.15, 0.2) is 15.9 Å². The number of carboxylic acid groups (broad SMARTS) is 1. The lowest BCUT2D eigenvalue weighted by molar-refractivity contribution is -0.129. The summed E-state index contributed by atoms with van der Waals surface area (Å²) in [6.45, 7) is 0. The fraction of sp³-hybridized carbons (Fsp3) is 0. The van der Waals surface area contributed by atoms with Gasteiger partial charge in [-0.2, -0.15) is 0 Å². The fourth-order valence-electron chi connectivity index (χ4n) is 0.331. The fourth-order valence-corrected chi connectivity index (χ4v) is 0.331. The minimum Gasteiger partial charge on any atom is -0.475 e. The maximum Gasteiger partial charge on any atom is 0.374 e. The van der Waals surface area contributed by atoms with Gasteiger partial charge in [0, 0.05) is 5.27 Å². The van der Waals surface area contributed by atoms with E-state index >= 15 is 0 Å². The lowest BCUT2D eigenvalue weighted by atomic mass is 10.6. The van der Waals surface area contributed by atoms with E-state index in [1.807, 2.05) is 0 Å². The van der Waals surface area contributed by atoms with E-state index < -0.39 is 11.8 Å². The van der Waals surface area contributed by atoms with Gasteiger partial charge in [-0.15, -0.1) is 0 Å². The molecular formula is C4H4N4O4. The van der Waals surface area contributed by atoms with Crippen LogP contribution >= 0.6 is 0 Å². The third-order valence-electron chi connectivity index (χ3n) is 0.797. The number of nitrogens with two attached hydrogens (primary N) is 1. The summed E-state index contributed by atoms with van der Waals surface area (Å²) in [5.74, 6) is -2.14. The first-order valence-corrected chi connectivity index (χ1v) is 2.71. The maximum atomic E-state index is 10.1. The van der Waals surface area contributed by atoms with Crippen molar-refractivity contribution in [2.24, 2.45) is 10.9 Å². The Kier molecular flexibility index (Phi) is 2.21. The molecular weight excluding hydrogens is 168 g/mol. The summed E-state index contributed by atoms with van der Waals surface area (Å²) in [7, 11) is 0. The Morgan fingerprint density at radius 1 is 1.83 bits per heavy atom. The van der Waals surface area contributed by atoms with Gasteiger partial charge in [-0.3, -0.25) is 0 Å². The van der Waals surface area contributed by atoms with Crippen molar-refractivity contribution in [1.82, 2.24) is 10.4 Å². The highest BCUT2D eigenvalue weighted by atomic mass is 16.7. The third kappa shape index (κ3) is 1.94. The first-order chi connectivity index (χ1) is 5.70. The average molecular weight is 172 g/mol. The highest BCUT2D eigenvalue weighted by Gasteiger charge is 2.04. The van der Waals surface area contributed by atoms with Crippen molar-refractivity contribution in [2.75, 3.05) is 0 Å². The van der Waals surface area contributed by atoms with E-state index in [1.54, 1.807) is 0 Å². The molecule has 0 saturated heterocycles. The molecule has 12 heavy (non-hydrogen) atoms. The second-order valence-corrected chi connectivity index (χ2v) is 1.62. The van der Waals surface area contributed by atoms with Gasteiger partial charge in [0.1, 0.15) is 0 Å². The smallest absolute Gasteiger partial charge is 0.374 e. The standard InChI is InChI=1S/C4H4N4O4/c5-3(4(9)10)7-12-2-1-11-8-6-2/h1H,(H2,5,7)(H,9,10). The van der Waals surface area contributed by atoms with Gasteiger partial charge in [-0.05, 0) is 0 Å². The van der Waals surface area contributed by atoms with Gasteiger partial charge in [0.2, 0.25) is 5.84 Å². The van der Waals surface area contributed by atoms with Gasteiger partial charge in [0.05, 0.1) is 0 Å². The van der Waals surface area contributed by atoms with Gasteiger partial charge in [0.25, 0.3) is 0 Å². The quantitative estimate of drug-likeness (QED) is 0.326. The van der Waals surface area contributed by atoms with Crippen LogP contribution in [0.2, 0.25) is 0 Å². The molecule has 8 nitrogen and oxygen atoms in total. The van der Waals surface area contributed by atoms with Crippen LogP contribution < -0.4 is 10.6 Å². The lowest BCUT2D eigenvalue weighted by Crippen LogP contribution is -2.23. The summed E-state index contributed by atoms with van der Waals surface area (Å²) < 4.78 is 4.26. The lowest BCUT2D eigenvalue weighted by Gasteiger charge is -1.90. The van der Waals surface area contributed by atoms with Crippen molar-refractivity contribution in [2.45, 2.75) is 0 Å². The Balaban J connectivity index is 2.55. The molecule has 1 aromatic rings. The normalized spacial score (nSPS) is 11.2. The van der Waals surface area contributed by atoms with Crippen LogP contribution in [0.5, 0.6) is 5.88 Å². The van der Waals surface area contributed by atoms with Crippen LogP contribution in [0.4, 0.5) is 0 Å². The van der Waals surface area contributed by atoms with E-state index in [0.717, 1.165) is 6.26 Å². The zero-order valence-electron chi connectivity index (χ0n) is 5.67. The summed E-state index contributed by atoms with van der Waals surface area (Å²) in [5, 5.41) is 17.5. The van der Waals surface area contributed by atoms with Crippen LogP contribution in [0.25, 0.3) is 0 Å². The average Bonchev–Trinajstić information content (AvgIpc) is 2.51. The Labute approximate surface area is 65.6 Å². The first kappa shape index (κ1) is 7.98. The SMILES string of the molecule is NC(=NOc1conn1)C(=O)O. The van der Waals surface area contributed by atoms with E-state index in [0.29, 0.717) is 0 Å². The van der Waals surface area contributed by atoms with E-state index in [1.165, 1.54) is 0 Å². The Hall–Kier alpha value is -2.12. The van der Waals surface area contributed by atoms with Gasteiger partial charge >= 0.3 is 11.8 Å². The minimum atomic E-state index is -1.38. The molecule has 0 unspecified atom stereocenters. The number of nitrogens with zero attached hydrogens (tertiary/aromatic N) is 3. The van der Waals surface area contributed by atoms with E-state index in [2.05, 4.69) is 24.9 Å². The zero-order valence-corrected chi connectivity index (χ0v) is 5.67. The van der Waals surface area contributed by atoms with Crippen LogP contribution in [0.1, 0.15) is 0 Å². The number of carbonyl (C=O) groups is 1. The van der Waals surface area contributed by atoms with Crippen molar-refractivity contribution in [3.8, 4) is 5.88 Å². The van der Waals surface area contributed by atoms with Gasteiger partial charge in [0.15, 0.2) is 6.26 Å². The van der Waals surface area contributed by atoms with Gasteiger partial charge < -0.3 is 20.2 Å². The highest BCUT2D eigenvalue weighted by Crippen LogP contribution is 2.01. The first-order valence-electron chi connectivity index (χ1n) is 2.71. The summed E-state index contributed by atoms with van der Waals surface area (Å²) >= 11 is 0. The molecule has 64 valence electrons. The van der Waals surface area contributed by atoms with Gasteiger partial charge in [-0.1, -0.05) is 10.3 Å². The number of amidine groups is 1. The van der Waals surface area contributed by atoms with E-state index in [9.17, 15) is 4.79 Å². The molecule has 0 aliphatic heterocycles. The van der Waals surface area contributed by atoms with Gasteiger partial charge in [-0.25, -0.2) is 4.79 Å². The summed E-state index contributed by atoms with van der Waals surface area (Å²) in [4.78, 5) is 14.4. The molecule has 0 aliphatic rings.